The number of unbranched alkanes of at least 4 members (excludes halogenated alkanes) is 2. The first kappa shape index (κ1) is 21.6. The van der Waals surface area contributed by atoms with Crippen LogP contribution in [-0.4, -0.2) is 49.6 Å². The zero-order valence-corrected chi connectivity index (χ0v) is 17.4. The highest BCUT2D eigenvalue weighted by Crippen LogP contribution is 2.22. The van der Waals surface area contributed by atoms with Gasteiger partial charge in [0.1, 0.15) is 5.82 Å². The molecule has 1 N–H and O–H groups in total. The second-order valence-corrected chi connectivity index (χ2v) is 9.25. The molecule has 24 heavy (non-hydrogen) atoms. The third-order valence-corrected chi connectivity index (χ3v) is 7.56. The number of hydrogen-bond acceptors (Lipinski definition) is 6. The lowest BCUT2D eigenvalue weighted by Crippen LogP contribution is -2.46. The van der Waals surface area contributed by atoms with Crippen molar-refractivity contribution in [3.05, 3.63) is 5.82 Å². The summed E-state index contributed by atoms with van der Waals surface area (Å²) in [5, 5.41) is 8.15. The standard InChI is InChI=1S/C16H33N3O3SSi/c1-5-9-10-12-15-17-16(19-18-15)23-13-11-14-24(20-6-2,21-7-3)22-8-4/h5-14H2,1-4H3,(H,17,18,19). The number of aromatic nitrogens is 3. The number of nitrogens with zero attached hydrogens (tertiary/aromatic N) is 2. The average molecular weight is 376 g/mol. The Hall–Kier alpha value is -0.413. The summed E-state index contributed by atoms with van der Waals surface area (Å²) in [5.41, 5.74) is 0. The highest BCUT2D eigenvalue weighted by Gasteiger charge is 2.39. The van der Waals surface area contributed by atoms with Crippen LogP contribution < -0.4 is 0 Å². The summed E-state index contributed by atoms with van der Waals surface area (Å²) in [5.74, 6) is 1.93. The van der Waals surface area contributed by atoms with Crippen molar-refractivity contribution in [2.24, 2.45) is 0 Å². The Kier molecular flexibility index (Phi) is 11.6. The van der Waals surface area contributed by atoms with Gasteiger partial charge in [-0.25, -0.2) is 4.98 Å². The van der Waals surface area contributed by atoms with E-state index in [0.717, 1.165) is 35.6 Å². The van der Waals surface area contributed by atoms with Crippen LogP contribution in [0.3, 0.4) is 0 Å². The van der Waals surface area contributed by atoms with Gasteiger partial charge in [0.05, 0.1) is 0 Å². The molecule has 140 valence electrons. The van der Waals surface area contributed by atoms with Crippen molar-refractivity contribution in [2.75, 3.05) is 25.6 Å². The highest BCUT2D eigenvalue weighted by atomic mass is 32.2. The first-order valence-electron chi connectivity index (χ1n) is 9.15. The SMILES string of the molecule is CCCCCc1nc(SCCC[Si](OCC)(OCC)OCC)n[nH]1. The van der Waals surface area contributed by atoms with Crippen LogP contribution in [-0.2, 0) is 19.7 Å². The molecule has 0 fully saturated rings. The van der Waals surface area contributed by atoms with Crippen LogP contribution in [0.4, 0.5) is 0 Å². The molecule has 1 rings (SSSR count). The minimum Gasteiger partial charge on any atom is -0.374 e. The molecule has 0 bridgehead atoms. The molecule has 0 aliphatic carbocycles. The topological polar surface area (TPSA) is 69.3 Å². The lowest BCUT2D eigenvalue weighted by Gasteiger charge is -2.28. The van der Waals surface area contributed by atoms with E-state index in [0.29, 0.717) is 19.8 Å². The molecule has 6 nitrogen and oxygen atoms in total. The maximum absolute atomic E-state index is 5.87. The van der Waals surface area contributed by atoms with Crippen molar-refractivity contribution in [3.8, 4) is 0 Å². The van der Waals surface area contributed by atoms with E-state index < -0.39 is 8.80 Å². The molecule has 1 aromatic heterocycles. The fraction of sp³-hybridized carbons (Fsp3) is 0.875. The van der Waals surface area contributed by atoms with Gasteiger partial charge in [0.25, 0.3) is 0 Å². The van der Waals surface area contributed by atoms with E-state index >= 15 is 0 Å². The number of aryl methyl sites for hydroxylation is 1. The molecule has 0 aliphatic heterocycles. The van der Waals surface area contributed by atoms with Gasteiger partial charge in [-0.3, -0.25) is 5.10 Å². The van der Waals surface area contributed by atoms with Crippen LogP contribution in [0.25, 0.3) is 0 Å². The third kappa shape index (κ3) is 8.11. The van der Waals surface area contributed by atoms with Crippen LogP contribution in [0.1, 0.15) is 59.2 Å². The molecular weight excluding hydrogens is 342 g/mol. The van der Waals surface area contributed by atoms with Crippen molar-refractivity contribution in [1.29, 1.82) is 0 Å². The van der Waals surface area contributed by atoms with E-state index in [-0.39, 0.29) is 0 Å². The molecule has 0 atom stereocenters. The van der Waals surface area contributed by atoms with Gasteiger partial charge in [0, 0.05) is 38.0 Å². The maximum atomic E-state index is 5.87. The zero-order valence-electron chi connectivity index (χ0n) is 15.6. The Bertz CT molecular complexity index is 417. The fourth-order valence-corrected chi connectivity index (χ4v) is 6.07. The van der Waals surface area contributed by atoms with Crippen molar-refractivity contribution in [3.63, 3.8) is 0 Å². The first-order chi connectivity index (χ1) is 11.7. The van der Waals surface area contributed by atoms with Gasteiger partial charge in [0.2, 0.25) is 5.16 Å². The monoisotopic (exact) mass is 375 g/mol. The molecule has 0 aromatic carbocycles. The van der Waals surface area contributed by atoms with Crippen molar-refractivity contribution >= 4 is 20.6 Å². The van der Waals surface area contributed by atoms with Gasteiger partial charge in [-0.05, 0) is 33.6 Å². The van der Waals surface area contributed by atoms with Crippen LogP contribution in [0.5, 0.6) is 0 Å². The molecule has 0 amide bonds. The lowest BCUT2D eigenvalue weighted by molar-refractivity contribution is 0.0712. The van der Waals surface area contributed by atoms with Crippen LogP contribution in [0.15, 0.2) is 5.16 Å². The highest BCUT2D eigenvalue weighted by molar-refractivity contribution is 7.99. The number of nitrogens with one attached hydrogen (secondary N) is 1. The third-order valence-electron chi connectivity index (χ3n) is 3.48. The number of H-pyrrole nitrogens is 1. The van der Waals surface area contributed by atoms with Crippen LogP contribution in [0.2, 0.25) is 6.04 Å². The normalized spacial score (nSPS) is 12.0. The predicted octanol–water partition coefficient (Wildman–Crippen LogP) is 4.07. The minimum absolute atomic E-state index is 0.626. The Morgan fingerprint density at radius 3 is 2.21 bits per heavy atom. The minimum atomic E-state index is -2.51. The van der Waals surface area contributed by atoms with Gasteiger partial charge < -0.3 is 13.3 Å². The molecule has 0 saturated heterocycles. The Morgan fingerprint density at radius 2 is 1.62 bits per heavy atom. The van der Waals surface area contributed by atoms with Crippen LogP contribution in [0, 0.1) is 0 Å². The van der Waals surface area contributed by atoms with Gasteiger partial charge >= 0.3 is 8.80 Å². The predicted molar refractivity (Wildman–Crippen MR) is 100 cm³/mol. The van der Waals surface area contributed by atoms with E-state index in [1.54, 1.807) is 11.8 Å². The number of thioether (sulfide) groups is 1. The number of hydrogen-bond donors (Lipinski definition) is 1. The smallest absolute Gasteiger partial charge is 0.374 e. The summed E-state index contributed by atoms with van der Waals surface area (Å²) < 4.78 is 17.6. The number of rotatable bonds is 15. The molecule has 0 unspecified atom stereocenters. The molecule has 8 heteroatoms. The largest absolute Gasteiger partial charge is 0.500 e. The Balaban J connectivity index is 2.36. The quantitative estimate of drug-likeness (QED) is 0.283. The molecule has 0 aliphatic rings. The molecule has 0 saturated carbocycles. The van der Waals surface area contributed by atoms with Gasteiger partial charge in [-0.2, -0.15) is 0 Å². The summed E-state index contributed by atoms with van der Waals surface area (Å²) in [6.07, 6.45) is 5.58. The van der Waals surface area contributed by atoms with Crippen molar-refractivity contribution < 1.29 is 13.3 Å². The molecule has 1 aromatic rings. The van der Waals surface area contributed by atoms with Crippen molar-refractivity contribution in [1.82, 2.24) is 15.2 Å². The second kappa shape index (κ2) is 12.9. The molecular formula is C16H33N3O3SSi. The summed E-state index contributed by atoms with van der Waals surface area (Å²) in [4.78, 5) is 4.54. The lowest BCUT2D eigenvalue weighted by atomic mass is 10.2. The zero-order chi connectivity index (χ0) is 17.7. The Labute approximate surface area is 151 Å². The number of aromatic amines is 1. The molecule has 1 heterocycles. The van der Waals surface area contributed by atoms with E-state index in [4.69, 9.17) is 13.3 Å². The summed E-state index contributed by atoms with van der Waals surface area (Å²) in [7, 11) is -2.51. The summed E-state index contributed by atoms with van der Waals surface area (Å²) in [6, 6.07) is 0.837. The van der Waals surface area contributed by atoms with Crippen molar-refractivity contribution in [2.45, 2.75) is 71.0 Å². The van der Waals surface area contributed by atoms with Gasteiger partial charge in [-0.1, -0.05) is 31.5 Å². The summed E-state index contributed by atoms with van der Waals surface area (Å²) >= 11 is 1.68. The van der Waals surface area contributed by atoms with E-state index in [1.807, 2.05) is 20.8 Å². The van der Waals surface area contributed by atoms with E-state index in [9.17, 15) is 0 Å². The first-order valence-corrected chi connectivity index (χ1v) is 12.1. The van der Waals surface area contributed by atoms with Gasteiger partial charge in [0.15, 0.2) is 0 Å². The second-order valence-electron chi connectivity index (χ2n) is 5.46. The summed E-state index contributed by atoms with van der Waals surface area (Å²) in [6.45, 7) is 10.1. The Morgan fingerprint density at radius 1 is 0.958 bits per heavy atom. The van der Waals surface area contributed by atoms with Gasteiger partial charge in [-0.15, -0.1) is 5.10 Å². The van der Waals surface area contributed by atoms with Crippen LogP contribution >= 0.6 is 11.8 Å². The van der Waals surface area contributed by atoms with E-state index in [2.05, 4.69) is 22.1 Å². The van der Waals surface area contributed by atoms with E-state index in [1.165, 1.54) is 19.3 Å². The average Bonchev–Trinajstić information content (AvgIpc) is 3.00. The maximum Gasteiger partial charge on any atom is 0.500 e. The molecule has 0 radical (unpaired) electrons. The molecule has 0 spiro atoms. The fourth-order valence-electron chi connectivity index (χ4n) is 2.45.